The maximum atomic E-state index is 13.8. The van der Waals surface area contributed by atoms with Crippen molar-refractivity contribution in [1.29, 1.82) is 0 Å². The molecule has 3 rings (SSSR count). The van der Waals surface area contributed by atoms with Crippen LogP contribution in [0.15, 0.2) is 52.5 Å². The smallest absolute Gasteiger partial charge is 0.270 e. The van der Waals surface area contributed by atoms with Gasteiger partial charge in [-0.3, -0.25) is 20.3 Å². The Morgan fingerprint density at radius 3 is 2.37 bits per heavy atom. The van der Waals surface area contributed by atoms with Crippen LogP contribution in [0.3, 0.4) is 0 Å². The number of nitrogens with zero attached hydrogens (tertiary/aromatic N) is 5. The maximum Gasteiger partial charge on any atom is 0.270 e. The summed E-state index contributed by atoms with van der Waals surface area (Å²) in [6.07, 6.45) is 3.36. The van der Waals surface area contributed by atoms with Crippen molar-refractivity contribution in [1.82, 2.24) is 9.21 Å². The molecule has 2 aromatic carbocycles. The first-order valence-corrected chi connectivity index (χ1v) is 16.5. The van der Waals surface area contributed by atoms with E-state index in [4.69, 9.17) is 0 Å². The fraction of sp³-hybridized carbons (Fsp3) is 0.548. The van der Waals surface area contributed by atoms with Crippen LogP contribution in [0.2, 0.25) is 0 Å². The zero-order valence-electron chi connectivity index (χ0n) is 26.2. The van der Waals surface area contributed by atoms with Gasteiger partial charge < -0.3 is 9.80 Å². The van der Waals surface area contributed by atoms with Gasteiger partial charge in [0.1, 0.15) is 4.90 Å². The summed E-state index contributed by atoms with van der Waals surface area (Å²) in [6, 6.07) is 11.5. The molecule has 2 aromatic rings. The number of hydrogen-bond donors (Lipinski definition) is 1. The number of hydrazone groups is 1. The predicted octanol–water partition coefficient (Wildman–Crippen LogP) is 5.43. The van der Waals surface area contributed by atoms with Gasteiger partial charge in [0.05, 0.1) is 22.7 Å². The number of non-ortho nitro benzene ring substituents is 1. The molecule has 0 aliphatic carbocycles. The number of piperidine rings is 1. The average Bonchev–Trinajstić information content (AvgIpc) is 2.97. The number of nitrogens with one attached hydrogen (secondary N) is 1. The van der Waals surface area contributed by atoms with Crippen LogP contribution in [0.1, 0.15) is 59.9 Å². The number of para-hydroxylation sites is 1. The van der Waals surface area contributed by atoms with E-state index in [0.717, 1.165) is 36.7 Å². The lowest BCUT2D eigenvalue weighted by Gasteiger charge is -2.36. The standard InChI is InChI=1S/C31H46N6O5S/c1-7-34(8-2)31(38)26-13-11-17-35(22-26)29-14-10-9-12-25(29)19-32-33-28-16-15-27(37(39)40)18-30(28)43(41,42)36(20-23(3)4)21-24(5)6/h9-10,12,14-16,18-19,23-24,26,33H,7-8,11,13,17,20-22H2,1-6H3/b32-19-/t26-/m0/s1. The van der Waals surface area contributed by atoms with Crippen molar-refractivity contribution in [3.8, 4) is 0 Å². The van der Waals surface area contributed by atoms with Gasteiger partial charge in [0.2, 0.25) is 15.9 Å². The van der Waals surface area contributed by atoms with Gasteiger partial charge >= 0.3 is 0 Å². The topological polar surface area (TPSA) is 128 Å². The molecule has 1 saturated heterocycles. The van der Waals surface area contributed by atoms with Crippen molar-refractivity contribution in [2.45, 2.75) is 59.3 Å². The van der Waals surface area contributed by atoms with E-state index in [-0.39, 0.29) is 53.0 Å². The van der Waals surface area contributed by atoms with Crippen molar-refractivity contribution in [2.24, 2.45) is 22.9 Å². The molecule has 1 aliphatic heterocycles. The molecule has 1 N–H and O–H groups in total. The Balaban J connectivity index is 1.91. The number of anilines is 2. The molecule has 0 radical (unpaired) electrons. The van der Waals surface area contributed by atoms with Crippen LogP contribution in [0.4, 0.5) is 17.1 Å². The molecular formula is C31H46N6O5S. The Labute approximate surface area is 256 Å². The summed E-state index contributed by atoms with van der Waals surface area (Å²) in [5.41, 5.74) is 4.42. The normalized spacial score (nSPS) is 15.9. The van der Waals surface area contributed by atoms with Crippen molar-refractivity contribution >= 4 is 39.2 Å². The summed E-state index contributed by atoms with van der Waals surface area (Å²) in [5, 5.41) is 15.9. The third-order valence-corrected chi connectivity index (χ3v) is 9.31. The highest BCUT2D eigenvalue weighted by Gasteiger charge is 2.31. The second-order valence-electron chi connectivity index (χ2n) is 11.8. The van der Waals surface area contributed by atoms with Gasteiger partial charge in [-0.25, -0.2) is 8.42 Å². The van der Waals surface area contributed by atoms with E-state index in [9.17, 15) is 23.3 Å². The van der Waals surface area contributed by atoms with E-state index >= 15 is 0 Å². The fourth-order valence-corrected chi connectivity index (χ4v) is 7.33. The molecule has 0 unspecified atom stereocenters. The first-order chi connectivity index (χ1) is 20.4. The second kappa shape index (κ2) is 15.3. The van der Waals surface area contributed by atoms with Crippen molar-refractivity contribution in [3.63, 3.8) is 0 Å². The molecule has 1 fully saturated rings. The Kier molecular flexibility index (Phi) is 12.1. The third-order valence-electron chi connectivity index (χ3n) is 7.44. The molecule has 1 atom stereocenters. The zero-order valence-corrected chi connectivity index (χ0v) is 27.0. The second-order valence-corrected chi connectivity index (χ2v) is 13.7. The van der Waals surface area contributed by atoms with Crippen LogP contribution in [-0.2, 0) is 14.8 Å². The quantitative estimate of drug-likeness (QED) is 0.171. The Bertz CT molecular complexity index is 1380. The van der Waals surface area contributed by atoms with E-state index in [2.05, 4.69) is 15.4 Å². The van der Waals surface area contributed by atoms with Crippen molar-refractivity contribution in [3.05, 3.63) is 58.1 Å². The number of rotatable bonds is 14. The summed E-state index contributed by atoms with van der Waals surface area (Å²) in [6.45, 7) is 15.1. The molecule has 0 spiro atoms. The van der Waals surface area contributed by atoms with E-state index in [1.165, 1.54) is 16.4 Å². The number of hydrogen-bond acceptors (Lipinski definition) is 8. The van der Waals surface area contributed by atoms with Crippen LogP contribution in [-0.4, -0.2) is 73.9 Å². The number of carbonyl (C=O) groups excluding carboxylic acids is 1. The first kappa shape index (κ1) is 34.0. The van der Waals surface area contributed by atoms with Gasteiger partial charge in [-0.15, -0.1) is 0 Å². The van der Waals surface area contributed by atoms with E-state index < -0.39 is 14.9 Å². The number of amides is 1. The molecule has 1 heterocycles. The molecule has 1 aliphatic rings. The lowest BCUT2D eigenvalue weighted by atomic mass is 9.95. The van der Waals surface area contributed by atoms with Crippen LogP contribution in [0, 0.1) is 27.9 Å². The minimum atomic E-state index is -4.08. The van der Waals surface area contributed by atoms with Gasteiger partial charge in [-0.2, -0.15) is 9.41 Å². The Morgan fingerprint density at radius 1 is 1.12 bits per heavy atom. The summed E-state index contributed by atoms with van der Waals surface area (Å²) >= 11 is 0. The monoisotopic (exact) mass is 614 g/mol. The van der Waals surface area contributed by atoms with Crippen molar-refractivity contribution < 1.29 is 18.1 Å². The van der Waals surface area contributed by atoms with Crippen LogP contribution in [0.25, 0.3) is 0 Å². The van der Waals surface area contributed by atoms with Crippen LogP contribution < -0.4 is 10.3 Å². The van der Waals surface area contributed by atoms with Gasteiger partial charge in [0.15, 0.2) is 0 Å². The minimum absolute atomic E-state index is 0.0647. The van der Waals surface area contributed by atoms with E-state index in [1.54, 1.807) is 6.21 Å². The number of nitro benzene ring substituents is 1. The Morgan fingerprint density at radius 2 is 1.77 bits per heavy atom. The molecule has 0 bridgehead atoms. The van der Waals surface area contributed by atoms with E-state index in [0.29, 0.717) is 19.6 Å². The lowest BCUT2D eigenvalue weighted by Crippen LogP contribution is -2.45. The molecule has 43 heavy (non-hydrogen) atoms. The summed E-state index contributed by atoms with van der Waals surface area (Å²) in [5.74, 6) is 0.229. The van der Waals surface area contributed by atoms with Gasteiger partial charge in [-0.05, 0) is 50.7 Å². The molecule has 0 saturated carbocycles. The minimum Gasteiger partial charge on any atom is -0.370 e. The van der Waals surface area contributed by atoms with Gasteiger partial charge in [0.25, 0.3) is 5.69 Å². The highest BCUT2D eigenvalue weighted by molar-refractivity contribution is 7.89. The third kappa shape index (κ3) is 8.76. The summed E-state index contributed by atoms with van der Waals surface area (Å²) in [7, 11) is -4.08. The highest BCUT2D eigenvalue weighted by atomic mass is 32.2. The zero-order chi connectivity index (χ0) is 31.7. The lowest BCUT2D eigenvalue weighted by molar-refractivity contribution is -0.385. The molecule has 0 aromatic heterocycles. The molecule has 1 amide bonds. The molecular weight excluding hydrogens is 568 g/mol. The maximum absolute atomic E-state index is 13.8. The number of benzene rings is 2. The number of carbonyl (C=O) groups is 1. The number of sulfonamides is 1. The van der Waals surface area contributed by atoms with Crippen molar-refractivity contribution in [2.75, 3.05) is 49.6 Å². The molecule has 11 nitrogen and oxygen atoms in total. The molecule has 12 heteroatoms. The van der Waals surface area contributed by atoms with Crippen LogP contribution in [0.5, 0.6) is 0 Å². The summed E-state index contributed by atoms with van der Waals surface area (Å²) < 4.78 is 29.1. The average molecular weight is 615 g/mol. The molecule has 236 valence electrons. The Hall–Kier alpha value is -3.51. The predicted molar refractivity (Wildman–Crippen MR) is 172 cm³/mol. The van der Waals surface area contributed by atoms with E-state index in [1.807, 2.05) is 70.7 Å². The van der Waals surface area contributed by atoms with Gasteiger partial charge in [0, 0.05) is 62.7 Å². The van der Waals surface area contributed by atoms with Gasteiger partial charge in [-0.1, -0.05) is 45.9 Å². The van der Waals surface area contributed by atoms with Crippen LogP contribution >= 0.6 is 0 Å². The fourth-order valence-electron chi connectivity index (χ4n) is 5.40. The highest BCUT2D eigenvalue weighted by Crippen LogP contribution is 2.31. The SMILES string of the molecule is CCN(CC)C(=O)[C@H]1CCCN(c2ccccc2/C=N\Nc2ccc([N+](=O)[O-])cc2S(=O)(=O)N(CC(C)C)CC(C)C)C1. The first-order valence-electron chi connectivity index (χ1n) is 15.1. The largest absolute Gasteiger partial charge is 0.370 e. The number of nitro groups is 1. The summed E-state index contributed by atoms with van der Waals surface area (Å²) in [4.78, 5) is 27.9.